The fourth-order valence-corrected chi connectivity index (χ4v) is 2.42. The molecule has 0 unspecified atom stereocenters. The summed E-state index contributed by atoms with van der Waals surface area (Å²) in [6.07, 6.45) is 0. The van der Waals surface area contributed by atoms with Gasteiger partial charge in [-0.05, 0) is 48.2 Å². The van der Waals surface area contributed by atoms with Crippen LogP contribution in [-0.4, -0.2) is 24.5 Å². The van der Waals surface area contributed by atoms with E-state index in [1.54, 1.807) is 12.1 Å². The Bertz CT molecular complexity index is 745. The molecular formula is C16H12F3NO3S. The second kappa shape index (κ2) is 7.39. The van der Waals surface area contributed by atoms with Gasteiger partial charge in [0.1, 0.15) is 0 Å². The Hall–Kier alpha value is -2.48. The standard InChI is InChI=1S/C16H12F3NO3S/c1-23-15(22)12-4-2-3-5-13(12)20-14(21)10-6-8-11(9-7-10)24-16(17,18)19/h2-9H,1H3,(H,20,21). The largest absolute Gasteiger partial charge is 0.465 e. The molecule has 0 saturated carbocycles. The molecule has 0 atom stereocenters. The van der Waals surface area contributed by atoms with E-state index in [0.29, 0.717) is 0 Å². The van der Waals surface area contributed by atoms with Crippen LogP contribution in [0.2, 0.25) is 0 Å². The Labute approximate surface area is 140 Å². The van der Waals surface area contributed by atoms with Crippen molar-refractivity contribution in [1.82, 2.24) is 0 Å². The quantitative estimate of drug-likeness (QED) is 0.655. The number of methoxy groups -OCH3 is 1. The first-order valence-electron chi connectivity index (χ1n) is 6.64. The van der Waals surface area contributed by atoms with Gasteiger partial charge in [-0.3, -0.25) is 4.79 Å². The molecule has 1 N–H and O–H groups in total. The van der Waals surface area contributed by atoms with Crippen molar-refractivity contribution in [2.75, 3.05) is 12.4 Å². The number of esters is 1. The second-order valence-corrected chi connectivity index (χ2v) is 5.70. The monoisotopic (exact) mass is 355 g/mol. The highest BCUT2D eigenvalue weighted by Crippen LogP contribution is 2.36. The minimum Gasteiger partial charge on any atom is -0.465 e. The molecule has 126 valence electrons. The van der Waals surface area contributed by atoms with Gasteiger partial charge >= 0.3 is 11.5 Å². The molecule has 8 heteroatoms. The average molecular weight is 355 g/mol. The van der Waals surface area contributed by atoms with Gasteiger partial charge in [-0.1, -0.05) is 12.1 Å². The molecule has 0 heterocycles. The van der Waals surface area contributed by atoms with E-state index in [9.17, 15) is 22.8 Å². The molecular weight excluding hydrogens is 343 g/mol. The molecule has 0 aromatic heterocycles. The molecule has 0 bridgehead atoms. The van der Waals surface area contributed by atoms with Crippen LogP contribution >= 0.6 is 11.8 Å². The first kappa shape index (κ1) is 17.9. The first-order chi connectivity index (χ1) is 11.3. The lowest BCUT2D eigenvalue weighted by atomic mass is 10.1. The van der Waals surface area contributed by atoms with E-state index in [0.717, 1.165) is 0 Å². The summed E-state index contributed by atoms with van der Waals surface area (Å²) in [5, 5.41) is 2.54. The summed E-state index contributed by atoms with van der Waals surface area (Å²) in [6, 6.07) is 11.2. The fourth-order valence-electron chi connectivity index (χ4n) is 1.88. The third kappa shape index (κ3) is 4.76. The third-order valence-corrected chi connectivity index (χ3v) is 3.67. The van der Waals surface area contributed by atoms with E-state index in [4.69, 9.17) is 0 Å². The van der Waals surface area contributed by atoms with Crippen molar-refractivity contribution in [2.24, 2.45) is 0 Å². The highest BCUT2D eigenvalue weighted by atomic mass is 32.2. The molecule has 0 fully saturated rings. The number of nitrogens with one attached hydrogen (secondary N) is 1. The summed E-state index contributed by atoms with van der Waals surface area (Å²) in [7, 11) is 1.22. The number of amides is 1. The number of benzene rings is 2. The summed E-state index contributed by atoms with van der Waals surface area (Å²) < 4.78 is 41.5. The van der Waals surface area contributed by atoms with Crippen LogP contribution in [0.4, 0.5) is 18.9 Å². The maximum atomic E-state index is 12.3. The third-order valence-electron chi connectivity index (χ3n) is 2.93. The Morgan fingerprint density at radius 1 is 1.04 bits per heavy atom. The topological polar surface area (TPSA) is 55.4 Å². The van der Waals surface area contributed by atoms with E-state index in [1.165, 1.54) is 43.5 Å². The Kier molecular flexibility index (Phi) is 5.50. The molecule has 2 rings (SSSR count). The Morgan fingerprint density at radius 3 is 2.25 bits per heavy atom. The molecule has 4 nitrogen and oxygen atoms in total. The molecule has 0 aliphatic carbocycles. The molecule has 1 amide bonds. The van der Waals surface area contributed by atoms with Gasteiger partial charge in [0.05, 0.1) is 18.4 Å². The Balaban J connectivity index is 2.15. The molecule has 24 heavy (non-hydrogen) atoms. The number of thioether (sulfide) groups is 1. The normalized spacial score (nSPS) is 11.0. The maximum absolute atomic E-state index is 12.3. The van der Waals surface area contributed by atoms with E-state index in [-0.39, 0.29) is 33.5 Å². The zero-order valence-electron chi connectivity index (χ0n) is 12.4. The van der Waals surface area contributed by atoms with Gasteiger partial charge in [-0.25, -0.2) is 4.79 Å². The number of anilines is 1. The lowest BCUT2D eigenvalue weighted by Gasteiger charge is -2.10. The average Bonchev–Trinajstić information content (AvgIpc) is 2.53. The number of para-hydroxylation sites is 1. The van der Waals surface area contributed by atoms with Crippen LogP contribution in [0, 0.1) is 0 Å². The number of hydrogen-bond donors (Lipinski definition) is 1. The molecule has 0 radical (unpaired) electrons. The number of carbonyl (C=O) groups is 2. The molecule has 2 aromatic carbocycles. The predicted molar refractivity (Wildman–Crippen MR) is 84.1 cm³/mol. The fraction of sp³-hybridized carbons (Fsp3) is 0.125. The number of ether oxygens (including phenoxy) is 1. The molecule has 2 aromatic rings. The van der Waals surface area contributed by atoms with Gasteiger partial charge in [-0.15, -0.1) is 0 Å². The summed E-state index contributed by atoms with van der Waals surface area (Å²) in [6.45, 7) is 0. The second-order valence-electron chi connectivity index (χ2n) is 4.56. The van der Waals surface area contributed by atoms with Gasteiger partial charge in [-0.2, -0.15) is 13.2 Å². The summed E-state index contributed by atoms with van der Waals surface area (Å²) in [5.41, 5.74) is -3.79. The summed E-state index contributed by atoms with van der Waals surface area (Å²) in [5.74, 6) is -1.15. The molecule has 0 spiro atoms. The summed E-state index contributed by atoms with van der Waals surface area (Å²) in [4.78, 5) is 23.8. The highest BCUT2D eigenvalue weighted by Gasteiger charge is 2.29. The smallest absolute Gasteiger partial charge is 0.446 e. The lowest BCUT2D eigenvalue weighted by Crippen LogP contribution is -2.15. The van der Waals surface area contributed by atoms with Crippen molar-refractivity contribution in [2.45, 2.75) is 10.4 Å². The van der Waals surface area contributed by atoms with Gasteiger partial charge in [0.25, 0.3) is 5.91 Å². The predicted octanol–water partition coefficient (Wildman–Crippen LogP) is 4.34. The number of carbonyl (C=O) groups excluding carboxylic acids is 2. The highest BCUT2D eigenvalue weighted by molar-refractivity contribution is 8.00. The number of halogens is 3. The van der Waals surface area contributed by atoms with Crippen LogP contribution in [0.15, 0.2) is 53.4 Å². The zero-order chi connectivity index (χ0) is 17.7. The van der Waals surface area contributed by atoms with E-state index >= 15 is 0 Å². The van der Waals surface area contributed by atoms with Crippen molar-refractivity contribution < 1.29 is 27.5 Å². The van der Waals surface area contributed by atoms with E-state index in [1.807, 2.05) is 0 Å². The zero-order valence-corrected chi connectivity index (χ0v) is 13.2. The van der Waals surface area contributed by atoms with E-state index < -0.39 is 17.4 Å². The van der Waals surface area contributed by atoms with Gasteiger partial charge in [0.2, 0.25) is 0 Å². The number of rotatable bonds is 4. The summed E-state index contributed by atoms with van der Waals surface area (Å²) >= 11 is -0.258. The van der Waals surface area contributed by atoms with Crippen molar-refractivity contribution in [1.29, 1.82) is 0 Å². The van der Waals surface area contributed by atoms with Crippen LogP contribution in [0.3, 0.4) is 0 Å². The minimum absolute atomic E-state index is 0.0194. The minimum atomic E-state index is -4.39. The van der Waals surface area contributed by atoms with Crippen molar-refractivity contribution in [3.05, 3.63) is 59.7 Å². The van der Waals surface area contributed by atoms with Crippen molar-refractivity contribution >= 4 is 29.3 Å². The molecule has 0 aliphatic heterocycles. The van der Waals surface area contributed by atoms with Gasteiger partial charge < -0.3 is 10.1 Å². The first-order valence-corrected chi connectivity index (χ1v) is 7.46. The van der Waals surface area contributed by atoms with Crippen LogP contribution in [0.1, 0.15) is 20.7 Å². The van der Waals surface area contributed by atoms with Crippen LogP contribution in [0.5, 0.6) is 0 Å². The Morgan fingerprint density at radius 2 is 1.67 bits per heavy atom. The van der Waals surface area contributed by atoms with Crippen molar-refractivity contribution in [3.63, 3.8) is 0 Å². The number of alkyl halides is 3. The van der Waals surface area contributed by atoms with Crippen LogP contribution in [-0.2, 0) is 4.74 Å². The van der Waals surface area contributed by atoms with Crippen LogP contribution in [0.25, 0.3) is 0 Å². The van der Waals surface area contributed by atoms with Crippen molar-refractivity contribution in [3.8, 4) is 0 Å². The van der Waals surface area contributed by atoms with Gasteiger partial charge in [0, 0.05) is 10.5 Å². The maximum Gasteiger partial charge on any atom is 0.446 e. The lowest BCUT2D eigenvalue weighted by molar-refractivity contribution is -0.0328. The molecule has 0 saturated heterocycles. The van der Waals surface area contributed by atoms with Crippen LogP contribution < -0.4 is 5.32 Å². The molecule has 0 aliphatic rings. The van der Waals surface area contributed by atoms with E-state index in [2.05, 4.69) is 10.1 Å². The SMILES string of the molecule is COC(=O)c1ccccc1NC(=O)c1ccc(SC(F)(F)F)cc1. The number of hydrogen-bond acceptors (Lipinski definition) is 4. The van der Waals surface area contributed by atoms with Gasteiger partial charge in [0.15, 0.2) is 0 Å².